The van der Waals surface area contributed by atoms with E-state index in [1.54, 1.807) is 152 Å². The van der Waals surface area contributed by atoms with E-state index in [-0.39, 0.29) is 67.5 Å². The van der Waals surface area contributed by atoms with Crippen LogP contribution in [0.5, 0.6) is 0 Å². The summed E-state index contributed by atoms with van der Waals surface area (Å²) in [5.74, 6) is -5.01. The lowest BCUT2D eigenvalue weighted by Crippen LogP contribution is -2.71. The smallest absolute Gasteiger partial charge is 0.338 e. The van der Waals surface area contributed by atoms with Crippen molar-refractivity contribution in [2.75, 3.05) is 33.0 Å². The minimum absolute atomic E-state index is 0.0272. The summed E-state index contributed by atoms with van der Waals surface area (Å²) < 4.78 is 177. The lowest BCUT2D eigenvalue weighted by atomic mass is 9.89. The minimum atomic E-state index is -1.96. The molecule has 0 aromatic heterocycles. The summed E-state index contributed by atoms with van der Waals surface area (Å²) in [6.45, 7) is 0.868. The summed E-state index contributed by atoms with van der Waals surface area (Å²) in [5, 5.41) is 0. The number of carbonyl (C=O) groups is 5. The van der Waals surface area contributed by atoms with Crippen molar-refractivity contribution in [2.45, 2.75) is 192 Å². The van der Waals surface area contributed by atoms with Crippen LogP contribution in [0.3, 0.4) is 0 Å². The quantitative estimate of drug-likeness (QED) is 0.0359. The highest BCUT2D eigenvalue weighted by Crippen LogP contribution is 2.49. The van der Waals surface area contributed by atoms with Crippen LogP contribution in [0.15, 0.2) is 334 Å². The normalized spacial score (nSPS) is 33.1. The van der Waals surface area contributed by atoms with E-state index in [4.69, 9.17) is 118 Å². The molecule has 0 aliphatic carbocycles. The second-order valence-corrected chi connectivity index (χ2v) is 34.8. The van der Waals surface area contributed by atoms with Gasteiger partial charge in [-0.2, -0.15) is 0 Å². The van der Waals surface area contributed by atoms with Crippen LogP contribution in [0, 0.1) is 5.92 Å². The van der Waals surface area contributed by atoms with Gasteiger partial charge >= 0.3 is 29.8 Å². The number of carbonyl (C=O) groups excluding carboxylic acids is 5. The van der Waals surface area contributed by atoms with Gasteiger partial charge < -0.3 is 118 Å². The molecule has 0 N–H and O–H groups in total. The first-order valence-corrected chi connectivity index (χ1v) is 46.3. The lowest BCUT2D eigenvalue weighted by molar-refractivity contribution is -0.431. The predicted molar refractivity (Wildman–Crippen MR) is 481 cm³/mol. The third-order valence-electron chi connectivity index (χ3n) is 25.9. The number of benzene rings is 11. The monoisotopic (exact) mass is 1880 g/mol. The maximum atomic E-state index is 16.0. The fourth-order valence-electron chi connectivity index (χ4n) is 19.0. The van der Waals surface area contributed by atoms with Crippen LogP contribution < -0.4 is 0 Å². The van der Waals surface area contributed by atoms with Gasteiger partial charge in [0.15, 0.2) is 93.4 Å². The molecule has 30 heteroatoms. The molecule has 10 fully saturated rings. The van der Waals surface area contributed by atoms with Crippen molar-refractivity contribution in [2.24, 2.45) is 5.92 Å². The third-order valence-corrected chi connectivity index (χ3v) is 25.9. The second-order valence-electron chi connectivity index (χ2n) is 34.8. The number of rotatable bonds is 26. The van der Waals surface area contributed by atoms with Gasteiger partial charge in [0.2, 0.25) is 0 Å². The first kappa shape index (κ1) is 92.3. The highest BCUT2D eigenvalue weighted by molar-refractivity contribution is 5.91. The van der Waals surface area contributed by atoms with Gasteiger partial charge in [0.25, 0.3) is 0 Å². The SMILES string of the molecule is C[C@@H]1C(OC(=O)c2ccccc2)[C@H](O[C@@H]2C(OC(=O)c3ccccc3)[C@H](O[C@@H]3C(OC(=O)c4ccccc4)[C@H](O[C@@H]4C(OC(=O)c5ccccc5)[C@H](O[C@@H]5C(OC(=O)c6ccccc6)[C@H](OCc6ccccc6)OC6COC(c7ccccc7)O[C@H]65)OC5COC(c6ccccc6)O[C@H]54)OC4COC(c5ccccc5)O[C@H]43)OC3COC(c4ccccc4)O[C@H]32)OC2COC(c3ccccc3)O[C@H]21. The molecule has 138 heavy (non-hydrogen) atoms. The maximum absolute atomic E-state index is 16.0. The Labute approximate surface area is 794 Å². The summed E-state index contributed by atoms with van der Waals surface area (Å²) in [7, 11) is 0. The van der Waals surface area contributed by atoms with Crippen molar-refractivity contribution in [3.05, 3.63) is 395 Å². The largest absolute Gasteiger partial charge is 0.453 e. The summed E-state index contributed by atoms with van der Waals surface area (Å²) in [6, 6.07) is 96.7. The molecule has 30 atom stereocenters. The van der Waals surface area contributed by atoms with E-state index in [0.717, 1.165) is 11.1 Å². The zero-order valence-electron chi connectivity index (χ0n) is 74.6. The van der Waals surface area contributed by atoms with Gasteiger partial charge in [-0.05, 0) is 66.2 Å². The Hall–Kier alpha value is -12.0. The van der Waals surface area contributed by atoms with Crippen molar-refractivity contribution in [1.29, 1.82) is 0 Å². The van der Waals surface area contributed by atoms with E-state index in [1.807, 2.05) is 189 Å². The molecule has 0 bridgehead atoms. The van der Waals surface area contributed by atoms with Gasteiger partial charge in [0, 0.05) is 33.7 Å². The molecule has 10 heterocycles. The second kappa shape index (κ2) is 42.7. The molecule has 712 valence electrons. The zero-order chi connectivity index (χ0) is 93.4. The Bertz CT molecular complexity index is 5830. The fraction of sp³-hybridized carbons (Fsp3) is 0.343. The number of ether oxygens (including phenoxy) is 25. The van der Waals surface area contributed by atoms with Crippen molar-refractivity contribution in [3.63, 3.8) is 0 Å². The van der Waals surface area contributed by atoms with Crippen LogP contribution in [-0.4, -0.2) is 210 Å². The van der Waals surface area contributed by atoms with E-state index >= 15 is 19.2 Å². The molecule has 10 saturated heterocycles. The van der Waals surface area contributed by atoms with Crippen molar-refractivity contribution in [3.8, 4) is 0 Å². The van der Waals surface area contributed by atoms with Crippen molar-refractivity contribution < 1.29 is 142 Å². The standard InChI is InChI=1S/C108H100O30/c1-63-80-75(58-115-99(130-80)70-47-25-8-26-48-70)121-105(81(63)125-94(109)65-37-15-3-16-38-65)135-87-83-77(60-117-101(132-83)72-51-29-10-30-52-72)123-107(91(87)127-96(111)67-41-19-5-20-42-67)137-89-85-79(62-119-103(134-85)74-55-33-12-34-56-74)124-108(93(89)129-98(113)69-45-23-7-24-46-69)138-88-84-78(61-118-102(133-84)73-53-31-11-32-54-73)122-106(92(88)128-97(112)68-43-21-6-22-44-68)136-86-82-76(59-116-100(131-82)71-49-27-9-28-50-71)120-104(114-57-64-35-13-2-14-36-64)90(86)126-95(110)66-39-17-4-18-40-66/h2-56,63,75-93,99-108H,57-62H2,1H3/t63-,75?,76?,77?,78?,79?,80-,81?,82+,83+,84+,85+,86-,87-,88-,89-,90?,91?,92?,93?,99?,100?,101?,102?,103?,104+,105-,106-,107-,108-/m0/s1. The Morgan fingerprint density at radius 3 is 0.674 bits per heavy atom. The maximum Gasteiger partial charge on any atom is 0.338 e. The highest BCUT2D eigenvalue weighted by Gasteiger charge is 2.65. The molecule has 0 amide bonds. The topological polar surface area (TPSA) is 316 Å². The summed E-state index contributed by atoms with van der Waals surface area (Å²) in [5.41, 5.74) is 4.40. The average molecular weight is 1880 g/mol. The Kier molecular flexibility index (Phi) is 28.6. The number of hydrogen-bond acceptors (Lipinski definition) is 30. The van der Waals surface area contributed by atoms with Crippen molar-refractivity contribution in [1.82, 2.24) is 0 Å². The predicted octanol–water partition coefficient (Wildman–Crippen LogP) is 14.7. The highest BCUT2D eigenvalue weighted by atomic mass is 16.8. The van der Waals surface area contributed by atoms with Gasteiger partial charge in [-0.25, -0.2) is 24.0 Å². The van der Waals surface area contributed by atoms with E-state index in [9.17, 15) is 4.79 Å². The van der Waals surface area contributed by atoms with Crippen LogP contribution >= 0.6 is 0 Å². The van der Waals surface area contributed by atoms with E-state index < -0.39 is 215 Å². The summed E-state index contributed by atoms with van der Waals surface area (Å²) >= 11 is 0. The Morgan fingerprint density at radius 1 is 0.225 bits per heavy atom. The van der Waals surface area contributed by atoms with E-state index in [2.05, 4.69) is 0 Å². The molecular weight excluding hydrogens is 1780 g/mol. The van der Waals surface area contributed by atoms with Crippen LogP contribution in [0.4, 0.5) is 0 Å². The zero-order valence-corrected chi connectivity index (χ0v) is 74.6. The van der Waals surface area contributed by atoms with Gasteiger partial charge in [0.1, 0.15) is 79.4 Å². The Morgan fingerprint density at radius 2 is 0.420 bits per heavy atom. The minimum Gasteiger partial charge on any atom is -0.453 e. The number of fused-ring (bicyclic) bond motifs is 5. The van der Waals surface area contributed by atoms with Crippen LogP contribution in [0.2, 0.25) is 0 Å². The molecule has 0 radical (unpaired) electrons. The molecule has 11 aromatic carbocycles. The molecule has 21 rings (SSSR count). The van der Waals surface area contributed by atoms with Gasteiger partial charge in [-0.3, -0.25) is 0 Å². The molecule has 30 nitrogen and oxygen atoms in total. The molecule has 0 spiro atoms. The molecule has 10 aliphatic rings. The summed E-state index contributed by atoms with van der Waals surface area (Å²) in [6.07, 6.45) is -41.1. The van der Waals surface area contributed by atoms with Gasteiger partial charge in [-0.1, -0.05) is 280 Å². The van der Waals surface area contributed by atoms with Crippen LogP contribution in [-0.2, 0) is 125 Å². The molecular formula is C108H100O30. The van der Waals surface area contributed by atoms with Crippen LogP contribution in [0.25, 0.3) is 0 Å². The average Bonchev–Trinajstić information content (AvgIpc) is 0.743. The first-order valence-electron chi connectivity index (χ1n) is 46.3. The molecule has 11 aromatic rings. The van der Waals surface area contributed by atoms with Crippen LogP contribution in [0.1, 0.15) is 124 Å². The molecule has 0 saturated carbocycles. The number of hydrogen-bond donors (Lipinski definition) is 0. The lowest BCUT2D eigenvalue weighted by Gasteiger charge is -2.54. The first-order chi connectivity index (χ1) is 67.9. The Balaban J connectivity index is 0.709. The van der Waals surface area contributed by atoms with Gasteiger partial charge in [-0.15, -0.1) is 0 Å². The molecule has 10 aliphatic heterocycles. The fourth-order valence-corrected chi connectivity index (χ4v) is 19.0. The molecule has 15 unspecified atom stereocenters. The third kappa shape index (κ3) is 20.6. The van der Waals surface area contributed by atoms with Gasteiger partial charge in [0.05, 0.1) is 73.6 Å². The van der Waals surface area contributed by atoms with E-state index in [1.165, 1.54) is 0 Å². The van der Waals surface area contributed by atoms with Crippen molar-refractivity contribution >= 4 is 29.8 Å². The van der Waals surface area contributed by atoms with E-state index in [0.29, 0.717) is 22.3 Å². The summed E-state index contributed by atoms with van der Waals surface area (Å²) in [4.78, 5) is 77.5. The number of esters is 5.